The Morgan fingerprint density at radius 2 is 2.07 bits per heavy atom. The molecule has 2 amide bonds. The molecular weight excluding hydrogens is 194 g/mol. The lowest BCUT2D eigenvalue weighted by atomic mass is 10.1. The molecule has 0 N–H and O–H groups in total. The topological polar surface area (TPSA) is 46.6 Å². The van der Waals surface area contributed by atoms with E-state index in [-0.39, 0.29) is 18.6 Å². The number of hydrogen-bond donors (Lipinski definition) is 0. The summed E-state index contributed by atoms with van der Waals surface area (Å²) in [5, 5.41) is 0. The van der Waals surface area contributed by atoms with E-state index >= 15 is 0 Å². The second-order valence-corrected chi connectivity index (χ2v) is 3.39. The molecule has 1 atom stereocenters. The molecule has 2 rings (SSSR count). The maximum Gasteiger partial charge on any atom is 0.417 e. The maximum atomic E-state index is 11.3. The molecule has 1 aromatic rings. The number of imide groups is 1. The molecule has 0 saturated carbocycles. The number of carbonyl (C=O) groups excluding carboxylic acids is 2. The van der Waals surface area contributed by atoms with Gasteiger partial charge in [-0.25, -0.2) is 9.69 Å². The van der Waals surface area contributed by atoms with Gasteiger partial charge in [-0.3, -0.25) is 4.79 Å². The van der Waals surface area contributed by atoms with E-state index in [4.69, 9.17) is 4.74 Å². The Morgan fingerprint density at radius 3 is 2.67 bits per heavy atom. The Morgan fingerprint density at radius 1 is 1.40 bits per heavy atom. The number of rotatable bonds is 1. The molecule has 0 aliphatic carbocycles. The minimum Gasteiger partial charge on any atom is -0.446 e. The third-order valence-corrected chi connectivity index (χ3v) is 2.40. The van der Waals surface area contributed by atoms with Crippen LogP contribution >= 0.6 is 0 Å². The van der Waals surface area contributed by atoms with Crippen molar-refractivity contribution in [1.29, 1.82) is 0 Å². The molecular formula is C11H11NO3. The van der Waals surface area contributed by atoms with Gasteiger partial charge in [-0.15, -0.1) is 0 Å². The summed E-state index contributed by atoms with van der Waals surface area (Å²) in [7, 11) is 0. The van der Waals surface area contributed by atoms with Crippen LogP contribution in [0.15, 0.2) is 30.3 Å². The number of amides is 2. The SMILES string of the molecule is CC(=O)N1C(=O)OCC1c1ccccc1. The third kappa shape index (κ3) is 1.70. The zero-order valence-corrected chi connectivity index (χ0v) is 8.34. The van der Waals surface area contributed by atoms with Crippen LogP contribution in [0.25, 0.3) is 0 Å². The van der Waals surface area contributed by atoms with E-state index in [1.807, 2.05) is 30.3 Å². The fourth-order valence-corrected chi connectivity index (χ4v) is 1.69. The van der Waals surface area contributed by atoms with Crippen molar-refractivity contribution >= 4 is 12.0 Å². The Kier molecular flexibility index (Phi) is 2.41. The zero-order valence-electron chi connectivity index (χ0n) is 8.34. The lowest BCUT2D eigenvalue weighted by Gasteiger charge is -2.17. The van der Waals surface area contributed by atoms with Crippen LogP contribution < -0.4 is 0 Å². The average molecular weight is 205 g/mol. The van der Waals surface area contributed by atoms with E-state index in [2.05, 4.69) is 0 Å². The van der Waals surface area contributed by atoms with Crippen molar-refractivity contribution in [1.82, 2.24) is 4.90 Å². The maximum absolute atomic E-state index is 11.3. The number of ether oxygens (including phenoxy) is 1. The van der Waals surface area contributed by atoms with Gasteiger partial charge in [0.2, 0.25) is 5.91 Å². The van der Waals surface area contributed by atoms with Crippen LogP contribution in [0.5, 0.6) is 0 Å². The van der Waals surface area contributed by atoms with E-state index < -0.39 is 6.09 Å². The molecule has 1 aliphatic rings. The minimum atomic E-state index is -0.559. The van der Waals surface area contributed by atoms with Crippen molar-refractivity contribution in [2.24, 2.45) is 0 Å². The average Bonchev–Trinajstić information content (AvgIpc) is 2.61. The van der Waals surface area contributed by atoms with Gasteiger partial charge in [-0.05, 0) is 5.56 Å². The predicted molar refractivity (Wildman–Crippen MR) is 53.1 cm³/mol. The van der Waals surface area contributed by atoms with Crippen molar-refractivity contribution in [2.45, 2.75) is 13.0 Å². The molecule has 1 aliphatic heterocycles. The van der Waals surface area contributed by atoms with E-state index in [0.29, 0.717) is 0 Å². The van der Waals surface area contributed by atoms with Gasteiger partial charge in [0.05, 0.1) is 0 Å². The molecule has 78 valence electrons. The summed E-state index contributed by atoms with van der Waals surface area (Å²) in [4.78, 5) is 23.7. The number of benzene rings is 1. The lowest BCUT2D eigenvalue weighted by molar-refractivity contribution is -0.126. The van der Waals surface area contributed by atoms with E-state index in [1.165, 1.54) is 6.92 Å². The highest BCUT2D eigenvalue weighted by molar-refractivity contribution is 5.92. The molecule has 0 radical (unpaired) electrons. The first-order valence-electron chi connectivity index (χ1n) is 4.71. The summed E-state index contributed by atoms with van der Waals surface area (Å²) in [5.41, 5.74) is 0.915. The molecule has 1 aromatic carbocycles. The molecule has 1 saturated heterocycles. The predicted octanol–water partition coefficient (Wildman–Crippen LogP) is 1.73. The fourth-order valence-electron chi connectivity index (χ4n) is 1.69. The highest BCUT2D eigenvalue weighted by atomic mass is 16.6. The monoisotopic (exact) mass is 205 g/mol. The Bertz CT molecular complexity index is 388. The Hall–Kier alpha value is -1.84. The summed E-state index contributed by atoms with van der Waals surface area (Å²) in [6.07, 6.45) is -0.559. The van der Waals surface area contributed by atoms with Crippen molar-refractivity contribution in [3.8, 4) is 0 Å². The molecule has 0 bridgehead atoms. The van der Waals surface area contributed by atoms with Crippen LogP contribution in [0.4, 0.5) is 4.79 Å². The molecule has 15 heavy (non-hydrogen) atoms. The van der Waals surface area contributed by atoms with E-state index in [1.54, 1.807) is 0 Å². The van der Waals surface area contributed by atoms with Gasteiger partial charge in [-0.1, -0.05) is 30.3 Å². The first-order valence-corrected chi connectivity index (χ1v) is 4.71. The minimum absolute atomic E-state index is 0.239. The summed E-state index contributed by atoms with van der Waals surface area (Å²) < 4.78 is 4.86. The lowest BCUT2D eigenvalue weighted by Crippen LogP contribution is -2.31. The Balaban J connectivity index is 2.30. The van der Waals surface area contributed by atoms with Crippen LogP contribution in [0.2, 0.25) is 0 Å². The zero-order chi connectivity index (χ0) is 10.8. The van der Waals surface area contributed by atoms with Crippen LogP contribution in [0.3, 0.4) is 0 Å². The number of nitrogens with zero attached hydrogens (tertiary/aromatic N) is 1. The second-order valence-electron chi connectivity index (χ2n) is 3.39. The molecule has 4 nitrogen and oxygen atoms in total. The van der Waals surface area contributed by atoms with Gasteiger partial charge < -0.3 is 4.74 Å². The standard InChI is InChI=1S/C11H11NO3/c1-8(13)12-10(7-15-11(12)14)9-5-3-2-4-6-9/h2-6,10H,7H2,1H3. The van der Waals surface area contributed by atoms with Crippen LogP contribution in [0.1, 0.15) is 18.5 Å². The summed E-state index contributed by atoms with van der Waals surface area (Å²) in [6, 6.07) is 9.10. The van der Waals surface area contributed by atoms with Crippen molar-refractivity contribution in [3.05, 3.63) is 35.9 Å². The molecule has 1 unspecified atom stereocenters. The molecule has 1 heterocycles. The molecule has 4 heteroatoms. The van der Waals surface area contributed by atoms with Crippen molar-refractivity contribution < 1.29 is 14.3 Å². The van der Waals surface area contributed by atoms with Crippen molar-refractivity contribution in [2.75, 3.05) is 6.61 Å². The number of carbonyl (C=O) groups is 2. The Labute approximate surface area is 87.4 Å². The van der Waals surface area contributed by atoms with Gasteiger partial charge in [0.25, 0.3) is 0 Å². The number of hydrogen-bond acceptors (Lipinski definition) is 3. The molecule has 0 aromatic heterocycles. The summed E-state index contributed by atoms with van der Waals surface area (Å²) >= 11 is 0. The number of cyclic esters (lactones) is 1. The van der Waals surface area contributed by atoms with Gasteiger partial charge in [0, 0.05) is 6.92 Å². The summed E-state index contributed by atoms with van der Waals surface area (Å²) in [5.74, 6) is -0.286. The third-order valence-electron chi connectivity index (χ3n) is 2.40. The quantitative estimate of drug-likeness (QED) is 0.701. The van der Waals surface area contributed by atoms with E-state index in [0.717, 1.165) is 10.5 Å². The highest BCUT2D eigenvalue weighted by Gasteiger charge is 2.36. The van der Waals surface area contributed by atoms with Crippen LogP contribution in [-0.2, 0) is 9.53 Å². The van der Waals surface area contributed by atoms with Gasteiger partial charge in [0.15, 0.2) is 0 Å². The van der Waals surface area contributed by atoms with Crippen LogP contribution in [-0.4, -0.2) is 23.5 Å². The summed E-state index contributed by atoms with van der Waals surface area (Å²) in [6.45, 7) is 1.60. The molecule has 0 spiro atoms. The first kappa shape index (κ1) is 9.71. The largest absolute Gasteiger partial charge is 0.446 e. The van der Waals surface area contributed by atoms with Gasteiger partial charge in [0.1, 0.15) is 12.6 Å². The second kappa shape index (κ2) is 3.73. The van der Waals surface area contributed by atoms with Gasteiger partial charge >= 0.3 is 6.09 Å². The van der Waals surface area contributed by atoms with E-state index in [9.17, 15) is 9.59 Å². The normalized spacial score (nSPS) is 20.2. The smallest absolute Gasteiger partial charge is 0.417 e. The highest BCUT2D eigenvalue weighted by Crippen LogP contribution is 2.27. The molecule has 1 fully saturated rings. The van der Waals surface area contributed by atoms with Crippen molar-refractivity contribution in [3.63, 3.8) is 0 Å². The fraction of sp³-hybridized carbons (Fsp3) is 0.273. The first-order chi connectivity index (χ1) is 7.20. The van der Waals surface area contributed by atoms with Crippen LogP contribution in [0, 0.1) is 0 Å². The van der Waals surface area contributed by atoms with Gasteiger partial charge in [-0.2, -0.15) is 0 Å².